The number of methoxy groups -OCH3 is 1. The molecule has 0 saturated heterocycles. The summed E-state index contributed by atoms with van der Waals surface area (Å²) in [6.45, 7) is 2.05. The Morgan fingerprint density at radius 2 is 2.21 bits per heavy atom. The molecule has 3 nitrogen and oxygen atoms in total. The van der Waals surface area contributed by atoms with Crippen LogP contribution in [0.1, 0.15) is 18.9 Å². The first kappa shape index (κ1) is 10.9. The molecule has 0 fully saturated rings. The van der Waals surface area contributed by atoms with E-state index in [9.17, 15) is 5.11 Å². The minimum absolute atomic E-state index is 0.155. The molecule has 0 aliphatic carbocycles. The second-order valence-corrected chi connectivity index (χ2v) is 3.38. The summed E-state index contributed by atoms with van der Waals surface area (Å²) in [5.74, 6) is 0.673. The number of rotatable bonds is 4. The van der Waals surface area contributed by atoms with Gasteiger partial charge in [0.15, 0.2) is 11.5 Å². The van der Waals surface area contributed by atoms with Crippen molar-refractivity contribution < 1.29 is 9.84 Å². The van der Waals surface area contributed by atoms with Crippen molar-refractivity contribution in [1.82, 2.24) is 0 Å². The van der Waals surface area contributed by atoms with Crippen molar-refractivity contribution in [3.63, 3.8) is 0 Å². The smallest absolute Gasteiger partial charge is 0.160 e. The summed E-state index contributed by atoms with van der Waals surface area (Å²) < 4.78 is 4.95. The normalized spacial score (nSPS) is 12.5. The Labute approximate surface area is 84.5 Å². The van der Waals surface area contributed by atoms with Crippen LogP contribution in [-0.4, -0.2) is 18.3 Å². The molecule has 3 N–H and O–H groups in total. The van der Waals surface area contributed by atoms with Gasteiger partial charge in [-0.1, -0.05) is 13.0 Å². The Balaban J connectivity index is 2.76. The zero-order valence-corrected chi connectivity index (χ0v) is 8.66. The Kier molecular flexibility index (Phi) is 3.77. The van der Waals surface area contributed by atoms with Gasteiger partial charge >= 0.3 is 0 Å². The average Bonchev–Trinajstić information content (AvgIpc) is 2.18. The quantitative estimate of drug-likeness (QED) is 0.768. The van der Waals surface area contributed by atoms with E-state index in [1.807, 2.05) is 13.0 Å². The highest BCUT2D eigenvalue weighted by atomic mass is 16.5. The van der Waals surface area contributed by atoms with Gasteiger partial charge in [0, 0.05) is 6.04 Å². The van der Waals surface area contributed by atoms with E-state index in [0.29, 0.717) is 5.75 Å². The number of aromatic hydroxyl groups is 1. The lowest BCUT2D eigenvalue weighted by molar-refractivity contribution is 0.373. The number of ether oxygens (including phenoxy) is 1. The SMILES string of the molecule is CCC(N)Cc1ccc(OC)c(O)c1. The highest BCUT2D eigenvalue weighted by molar-refractivity contribution is 5.41. The fourth-order valence-electron chi connectivity index (χ4n) is 1.31. The topological polar surface area (TPSA) is 55.5 Å². The number of hydrogen-bond donors (Lipinski definition) is 2. The third-order valence-electron chi connectivity index (χ3n) is 2.27. The van der Waals surface area contributed by atoms with Crippen LogP contribution in [-0.2, 0) is 6.42 Å². The molecule has 0 bridgehead atoms. The van der Waals surface area contributed by atoms with Gasteiger partial charge in [0.1, 0.15) is 0 Å². The van der Waals surface area contributed by atoms with Crippen LogP contribution in [0.5, 0.6) is 11.5 Å². The van der Waals surface area contributed by atoms with Crippen LogP contribution in [0.25, 0.3) is 0 Å². The maximum atomic E-state index is 9.51. The lowest BCUT2D eigenvalue weighted by Crippen LogP contribution is -2.21. The van der Waals surface area contributed by atoms with E-state index in [0.717, 1.165) is 18.4 Å². The first-order chi connectivity index (χ1) is 6.67. The molecular weight excluding hydrogens is 178 g/mol. The second-order valence-electron chi connectivity index (χ2n) is 3.38. The van der Waals surface area contributed by atoms with Gasteiger partial charge < -0.3 is 15.6 Å². The maximum absolute atomic E-state index is 9.51. The number of phenols is 1. The Morgan fingerprint density at radius 3 is 2.71 bits per heavy atom. The first-order valence-corrected chi connectivity index (χ1v) is 4.78. The molecule has 0 radical (unpaired) electrons. The predicted octanol–water partition coefficient (Wildman–Crippen LogP) is 1.68. The van der Waals surface area contributed by atoms with Gasteiger partial charge in [-0.3, -0.25) is 0 Å². The third-order valence-corrected chi connectivity index (χ3v) is 2.27. The Bertz CT molecular complexity index is 299. The van der Waals surface area contributed by atoms with Gasteiger partial charge in [0.05, 0.1) is 7.11 Å². The van der Waals surface area contributed by atoms with Gasteiger partial charge in [0.25, 0.3) is 0 Å². The lowest BCUT2D eigenvalue weighted by Gasteiger charge is -2.10. The third kappa shape index (κ3) is 2.64. The minimum Gasteiger partial charge on any atom is -0.504 e. The van der Waals surface area contributed by atoms with Crippen molar-refractivity contribution >= 4 is 0 Å². The molecule has 3 heteroatoms. The molecule has 1 aromatic rings. The first-order valence-electron chi connectivity index (χ1n) is 4.78. The zero-order valence-electron chi connectivity index (χ0n) is 8.66. The van der Waals surface area contributed by atoms with Crippen molar-refractivity contribution in [3.8, 4) is 11.5 Å². The monoisotopic (exact) mass is 195 g/mol. The van der Waals surface area contributed by atoms with Crippen LogP contribution in [0.2, 0.25) is 0 Å². The van der Waals surface area contributed by atoms with Gasteiger partial charge in [-0.05, 0) is 30.5 Å². The van der Waals surface area contributed by atoms with E-state index in [4.69, 9.17) is 10.5 Å². The highest BCUT2D eigenvalue weighted by Crippen LogP contribution is 2.26. The standard InChI is InChI=1S/C11H17NO2/c1-3-9(12)6-8-4-5-11(14-2)10(13)7-8/h4-5,7,9,13H,3,6,12H2,1-2H3. The van der Waals surface area contributed by atoms with E-state index in [1.54, 1.807) is 12.1 Å². The Hall–Kier alpha value is -1.22. The highest BCUT2D eigenvalue weighted by Gasteiger charge is 2.05. The van der Waals surface area contributed by atoms with E-state index in [1.165, 1.54) is 7.11 Å². The number of hydrogen-bond acceptors (Lipinski definition) is 3. The van der Waals surface area contributed by atoms with Gasteiger partial charge in [-0.15, -0.1) is 0 Å². The summed E-state index contributed by atoms with van der Waals surface area (Å²) in [7, 11) is 1.53. The van der Waals surface area contributed by atoms with Crippen molar-refractivity contribution in [3.05, 3.63) is 23.8 Å². The van der Waals surface area contributed by atoms with Crippen LogP contribution in [0.4, 0.5) is 0 Å². The van der Waals surface area contributed by atoms with Crippen LogP contribution in [0.15, 0.2) is 18.2 Å². The maximum Gasteiger partial charge on any atom is 0.160 e. The molecule has 0 amide bonds. The van der Waals surface area contributed by atoms with E-state index < -0.39 is 0 Å². The van der Waals surface area contributed by atoms with E-state index in [-0.39, 0.29) is 11.8 Å². The summed E-state index contributed by atoms with van der Waals surface area (Å²) >= 11 is 0. The van der Waals surface area contributed by atoms with Crippen LogP contribution in [0.3, 0.4) is 0 Å². The molecule has 1 atom stereocenters. The lowest BCUT2D eigenvalue weighted by atomic mass is 10.0. The summed E-state index contributed by atoms with van der Waals surface area (Å²) in [6, 6.07) is 5.54. The second kappa shape index (κ2) is 4.86. The number of phenolic OH excluding ortho intramolecular Hbond substituents is 1. The molecule has 14 heavy (non-hydrogen) atoms. The summed E-state index contributed by atoms with van der Waals surface area (Å²) in [5.41, 5.74) is 6.85. The number of nitrogens with two attached hydrogens (primary N) is 1. The molecule has 1 unspecified atom stereocenters. The number of benzene rings is 1. The van der Waals surface area contributed by atoms with E-state index in [2.05, 4.69) is 0 Å². The predicted molar refractivity (Wildman–Crippen MR) is 56.6 cm³/mol. The zero-order chi connectivity index (χ0) is 10.6. The Morgan fingerprint density at radius 1 is 1.50 bits per heavy atom. The van der Waals surface area contributed by atoms with Crippen LogP contribution in [0, 0.1) is 0 Å². The summed E-state index contributed by atoms with van der Waals surface area (Å²) in [5, 5.41) is 9.51. The largest absolute Gasteiger partial charge is 0.504 e. The van der Waals surface area contributed by atoms with Gasteiger partial charge in [-0.25, -0.2) is 0 Å². The molecular formula is C11H17NO2. The molecule has 0 saturated carbocycles. The van der Waals surface area contributed by atoms with Crippen molar-refractivity contribution in [2.75, 3.05) is 7.11 Å². The molecule has 78 valence electrons. The van der Waals surface area contributed by atoms with Gasteiger partial charge in [0.2, 0.25) is 0 Å². The molecule has 0 aliphatic heterocycles. The van der Waals surface area contributed by atoms with Crippen LogP contribution >= 0.6 is 0 Å². The summed E-state index contributed by atoms with van der Waals surface area (Å²) in [6.07, 6.45) is 1.72. The molecule has 0 aliphatic rings. The summed E-state index contributed by atoms with van der Waals surface area (Å²) in [4.78, 5) is 0. The fourth-order valence-corrected chi connectivity index (χ4v) is 1.31. The average molecular weight is 195 g/mol. The van der Waals surface area contributed by atoms with Crippen molar-refractivity contribution in [2.24, 2.45) is 5.73 Å². The van der Waals surface area contributed by atoms with Gasteiger partial charge in [-0.2, -0.15) is 0 Å². The molecule has 0 spiro atoms. The van der Waals surface area contributed by atoms with E-state index >= 15 is 0 Å². The fraction of sp³-hybridized carbons (Fsp3) is 0.455. The minimum atomic E-state index is 0.155. The van der Waals surface area contributed by atoms with Crippen molar-refractivity contribution in [1.29, 1.82) is 0 Å². The van der Waals surface area contributed by atoms with Crippen molar-refractivity contribution in [2.45, 2.75) is 25.8 Å². The molecule has 0 heterocycles. The molecule has 0 aromatic heterocycles. The van der Waals surface area contributed by atoms with Crippen LogP contribution < -0.4 is 10.5 Å². The molecule has 1 rings (SSSR count). The molecule has 1 aromatic carbocycles.